The van der Waals surface area contributed by atoms with Crippen LogP contribution in [0.2, 0.25) is 0 Å². The first kappa shape index (κ1) is 23.7. The van der Waals surface area contributed by atoms with Crippen molar-refractivity contribution in [1.82, 2.24) is 5.32 Å². The standard InChI is InChI=1S/C23H32N2O4S/c1-7-22(21-14-9-16(3)15-17(21)4)24-23(26)18(5)25(30(6,27)28)19-10-12-20(13-11-19)29-8-2/h9-15,18,22H,7-8H2,1-6H3,(H,24,26)/t18-,22+/m1/s1. The van der Waals surface area contributed by atoms with Crippen LogP contribution in [0.5, 0.6) is 5.75 Å². The highest BCUT2D eigenvalue weighted by Crippen LogP contribution is 2.26. The van der Waals surface area contributed by atoms with E-state index in [1.165, 1.54) is 0 Å². The summed E-state index contributed by atoms with van der Waals surface area (Å²) in [6.45, 7) is 10.0. The number of sulfonamides is 1. The topological polar surface area (TPSA) is 75.7 Å². The minimum Gasteiger partial charge on any atom is -0.494 e. The molecule has 2 aromatic rings. The van der Waals surface area contributed by atoms with E-state index in [2.05, 4.69) is 11.4 Å². The zero-order valence-corrected chi connectivity index (χ0v) is 19.4. The fourth-order valence-corrected chi connectivity index (χ4v) is 4.75. The number of nitrogens with one attached hydrogen (secondary N) is 1. The first-order valence-electron chi connectivity index (χ1n) is 10.2. The van der Waals surface area contributed by atoms with E-state index in [1.54, 1.807) is 31.2 Å². The Morgan fingerprint density at radius 2 is 1.73 bits per heavy atom. The molecular formula is C23H32N2O4S. The van der Waals surface area contributed by atoms with Gasteiger partial charge in [-0.05, 0) is 69.5 Å². The quantitative estimate of drug-likeness (QED) is 0.647. The SMILES string of the molecule is CCOc1ccc(N([C@H](C)C(=O)N[C@@H](CC)c2ccc(C)cc2C)S(C)(=O)=O)cc1. The van der Waals surface area contributed by atoms with E-state index < -0.39 is 16.1 Å². The van der Waals surface area contributed by atoms with Crippen LogP contribution in [-0.4, -0.2) is 33.2 Å². The monoisotopic (exact) mass is 432 g/mol. The third-order valence-electron chi connectivity index (χ3n) is 5.02. The summed E-state index contributed by atoms with van der Waals surface area (Å²) >= 11 is 0. The van der Waals surface area contributed by atoms with Crippen molar-refractivity contribution in [3.63, 3.8) is 0 Å². The van der Waals surface area contributed by atoms with Gasteiger partial charge in [-0.1, -0.05) is 30.7 Å². The van der Waals surface area contributed by atoms with Gasteiger partial charge in [0.2, 0.25) is 15.9 Å². The molecule has 0 bridgehead atoms. The van der Waals surface area contributed by atoms with E-state index >= 15 is 0 Å². The van der Waals surface area contributed by atoms with Gasteiger partial charge in [-0.2, -0.15) is 0 Å². The average molecular weight is 433 g/mol. The molecule has 164 valence electrons. The smallest absolute Gasteiger partial charge is 0.244 e. The second kappa shape index (κ2) is 9.98. The number of hydrogen-bond acceptors (Lipinski definition) is 4. The van der Waals surface area contributed by atoms with Gasteiger partial charge in [0, 0.05) is 0 Å². The first-order valence-corrected chi connectivity index (χ1v) is 12.0. The van der Waals surface area contributed by atoms with E-state index in [0.717, 1.165) is 27.3 Å². The maximum Gasteiger partial charge on any atom is 0.244 e. The summed E-state index contributed by atoms with van der Waals surface area (Å²) in [6, 6.07) is 11.7. The molecule has 30 heavy (non-hydrogen) atoms. The van der Waals surface area contributed by atoms with Gasteiger partial charge in [0.25, 0.3) is 0 Å². The molecule has 2 rings (SSSR count). The van der Waals surface area contributed by atoms with Gasteiger partial charge >= 0.3 is 0 Å². The molecule has 0 spiro atoms. The van der Waals surface area contributed by atoms with Crippen molar-refractivity contribution >= 4 is 21.6 Å². The van der Waals surface area contributed by atoms with Crippen LogP contribution < -0.4 is 14.4 Å². The Morgan fingerprint density at radius 3 is 2.23 bits per heavy atom. The first-order chi connectivity index (χ1) is 14.1. The van der Waals surface area contributed by atoms with Crippen LogP contribution in [-0.2, 0) is 14.8 Å². The number of aryl methyl sites for hydroxylation is 2. The van der Waals surface area contributed by atoms with Gasteiger partial charge in [0.15, 0.2) is 0 Å². The molecule has 0 saturated heterocycles. The summed E-state index contributed by atoms with van der Waals surface area (Å²) in [5, 5.41) is 3.03. The highest BCUT2D eigenvalue weighted by molar-refractivity contribution is 7.92. The highest BCUT2D eigenvalue weighted by Gasteiger charge is 2.30. The van der Waals surface area contributed by atoms with Gasteiger partial charge < -0.3 is 10.1 Å². The molecule has 0 aliphatic rings. The molecule has 0 radical (unpaired) electrons. The van der Waals surface area contributed by atoms with Crippen LogP contribution in [0.4, 0.5) is 5.69 Å². The summed E-state index contributed by atoms with van der Waals surface area (Å²) in [7, 11) is -3.68. The summed E-state index contributed by atoms with van der Waals surface area (Å²) in [5.41, 5.74) is 3.71. The van der Waals surface area contributed by atoms with Crippen LogP contribution in [0.3, 0.4) is 0 Å². The third kappa shape index (κ3) is 5.75. The van der Waals surface area contributed by atoms with Gasteiger partial charge in [0.05, 0.1) is 24.6 Å². The number of benzene rings is 2. The molecule has 0 saturated carbocycles. The van der Waals surface area contributed by atoms with Crippen LogP contribution in [0.25, 0.3) is 0 Å². The zero-order chi connectivity index (χ0) is 22.5. The lowest BCUT2D eigenvalue weighted by Gasteiger charge is -2.30. The Bertz CT molecular complexity index is 971. The molecule has 1 N–H and O–H groups in total. The van der Waals surface area contributed by atoms with Crippen molar-refractivity contribution in [1.29, 1.82) is 0 Å². The number of anilines is 1. The van der Waals surface area contributed by atoms with E-state index in [0.29, 0.717) is 24.5 Å². The second-order valence-corrected chi connectivity index (χ2v) is 9.35. The van der Waals surface area contributed by atoms with Crippen LogP contribution in [0, 0.1) is 13.8 Å². The van der Waals surface area contributed by atoms with Crippen molar-refractivity contribution < 1.29 is 17.9 Å². The Morgan fingerprint density at radius 1 is 1.10 bits per heavy atom. The lowest BCUT2D eigenvalue weighted by molar-refractivity contribution is -0.122. The molecule has 0 unspecified atom stereocenters. The fraction of sp³-hybridized carbons (Fsp3) is 0.435. The van der Waals surface area contributed by atoms with E-state index in [-0.39, 0.29) is 11.9 Å². The molecular weight excluding hydrogens is 400 g/mol. The Labute approximate surface area is 180 Å². The second-order valence-electron chi connectivity index (χ2n) is 7.49. The number of nitrogens with zero attached hydrogens (tertiary/aromatic N) is 1. The zero-order valence-electron chi connectivity index (χ0n) is 18.6. The highest BCUT2D eigenvalue weighted by atomic mass is 32.2. The summed E-state index contributed by atoms with van der Waals surface area (Å²) in [4.78, 5) is 13.1. The van der Waals surface area contributed by atoms with Crippen molar-refractivity contribution in [3.05, 3.63) is 59.2 Å². The molecule has 0 heterocycles. The average Bonchev–Trinajstić information content (AvgIpc) is 2.67. The number of carbonyl (C=O) groups is 1. The minimum absolute atomic E-state index is 0.192. The van der Waals surface area contributed by atoms with Crippen LogP contribution >= 0.6 is 0 Å². The lowest BCUT2D eigenvalue weighted by Crippen LogP contribution is -2.48. The Balaban J connectivity index is 2.28. The Kier molecular flexibility index (Phi) is 7.89. The predicted octanol–water partition coefficient (Wildman–Crippen LogP) is 4.12. The lowest BCUT2D eigenvalue weighted by atomic mass is 9.97. The van der Waals surface area contributed by atoms with Crippen molar-refractivity contribution in [2.45, 2.75) is 53.1 Å². The van der Waals surface area contributed by atoms with Crippen molar-refractivity contribution in [2.24, 2.45) is 0 Å². The van der Waals surface area contributed by atoms with E-state index in [9.17, 15) is 13.2 Å². The minimum atomic E-state index is -3.68. The maximum absolute atomic E-state index is 13.1. The summed E-state index contributed by atoms with van der Waals surface area (Å²) in [6.07, 6.45) is 1.80. The van der Waals surface area contributed by atoms with Crippen LogP contribution in [0.1, 0.15) is 49.9 Å². The van der Waals surface area contributed by atoms with Crippen LogP contribution in [0.15, 0.2) is 42.5 Å². The molecule has 0 aromatic heterocycles. The van der Waals surface area contributed by atoms with Gasteiger partial charge in [0.1, 0.15) is 11.8 Å². The summed E-state index contributed by atoms with van der Waals surface area (Å²) in [5.74, 6) is 0.300. The molecule has 2 aromatic carbocycles. The number of amides is 1. The molecule has 0 aliphatic carbocycles. The van der Waals surface area contributed by atoms with E-state index in [1.807, 2.05) is 39.8 Å². The number of ether oxygens (including phenoxy) is 1. The predicted molar refractivity (Wildman–Crippen MR) is 121 cm³/mol. The van der Waals surface area contributed by atoms with Gasteiger partial charge in [-0.3, -0.25) is 9.10 Å². The molecule has 2 atom stereocenters. The van der Waals surface area contributed by atoms with Crippen molar-refractivity contribution in [3.8, 4) is 5.75 Å². The Hall–Kier alpha value is -2.54. The molecule has 6 nitrogen and oxygen atoms in total. The number of carbonyl (C=O) groups excluding carboxylic acids is 1. The van der Waals surface area contributed by atoms with Gasteiger partial charge in [-0.15, -0.1) is 0 Å². The maximum atomic E-state index is 13.1. The largest absolute Gasteiger partial charge is 0.494 e. The van der Waals surface area contributed by atoms with Crippen molar-refractivity contribution in [2.75, 3.05) is 17.2 Å². The van der Waals surface area contributed by atoms with Gasteiger partial charge in [-0.25, -0.2) is 8.42 Å². The molecule has 0 fully saturated rings. The number of rotatable bonds is 9. The third-order valence-corrected chi connectivity index (χ3v) is 6.26. The molecule has 0 aliphatic heterocycles. The number of hydrogen-bond donors (Lipinski definition) is 1. The van der Waals surface area contributed by atoms with E-state index in [4.69, 9.17) is 4.74 Å². The summed E-state index contributed by atoms with van der Waals surface area (Å²) < 4.78 is 31.6. The molecule has 1 amide bonds. The molecule has 7 heteroatoms. The fourth-order valence-electron chi connectivity index (χ4n) is 3.57. The normalized spacial score (nSPS) is 13.4.